The van der Waals surface area contributed by atoms with Crippen LogP contribution in [0.25, 0.3) is 0 Å². The number of amides is 2. The summed E-state index contributed by atoms with van der Waals surface area (Å²) in [5, 5.41) is 2.42. The van der Waals surface area contributed by atoms with Gasteiger partial charge in [0.15, 0.2) is 7.85 Å². The van der Waals surface area contributed by atoms with Crippen LogP contribution in [0.1, 0.15) is 62.0 Å². The Labute approximate surface area is 150 Å². The van der Waals surface area contributed by atoms with Crippen molar-refractivity contribution in [2.75, 3.05) is 0 Å². The Bertz CT molecular complexity index is 647. The molecule has 2 fully saturated rings. The van der Waals surface area contributed by atoms with E-state index in [1.807, 2.05) is 0 Å². The normalized spacial score (nSPS) is 27.0. The van der Waals surface area contributed by atoms with Gasteiger partial charge in [0.25, 0.3) is 0 Å². The van der Waals surface area contributed by atoms with E-state index in [1.54, 1.807) is 0 Å². The van der Waals surface area contributed by atoms with Gasteiger partial charge >= 0.3 is 0 Å². The van der Waals surface area contributed by atoms with Gasteiger partial charge in [-0.1, -0.05) is 24.3 Å². The van der Waals surface area contributed by atoms with Crippen LogP contribution in [0.5, 0.6) is 0 Å². The van der Waals surface area contributed by atoms with Crippen LogP contribution in [0.4, 0.5) is 0 Å². The van der Waals surface area contributed by atoms with Gasteiger partial charge < -0.3 is 4.79 Å². The molecule has 1 aromatic rings. The minimum Gasteiger partial charge on any atom is -0.313 e. The van der Waals surface area contributed by atoms with Crippen LogP contribution in [0.15, 0.2) is 24.3 Å². The molecule has 1 saturated carbocycles. The molecule has 0 aromatic heterocycles. The number of imide groups is 1. The topological polar surface area (TPSA) is 63.2 Å². The minimum absolute atomic E-state index is 0.104. The highest BCUT2D eigenvalue weighted by Gasteiger charge is 2.27. The highest BCUT2D eigenvalue weighted by Crippen LogP contribution is 2.37. The zero-order valence-electron chi connectivity index (χ0n) is 14.5. The fourth-order valence-electron chi connectivity index (χ4n) is 4.13. The number of carbonyl (C=O) groups is 3. The average Bonchev–Trinajstić information content (AvgIpc) is 2.58. The van der Waals surface area contributed by atoms with Crippen molar-refractivity contribution in [3.8, 4) is 0 Å². The molecule has 1 aromatic carbocycles. The van der Waals surface area contributed by atoms with Gasteiger partial charge in [-0.05, 0) is 67.9 Å². The van der Waals surface area contributed by atoms with Gasteiger partial charge in [0.2, 0.25) is 11.8 Å². The lowest BCUT2D eigenvalue weighted by Gasteiger charge is -2.28. The SMILES string of the molecule is [B]C(=O)CC1CCC(c2ccc(CC3CCC(=O)NC3=O)cc2)CC1. The van der Waals surface area contributed by atoms with Crippen molar-refractivity contribution in [3.05, 3.63) is 35.4 Å². The third-order valence-electron chi connectivity index (χ3n) is 5.62. The largest absolute Gasteiger partial charge is 0.313 e. The molecule has 1 N–H and O–H groups in total. The van der Waals surface area contributed by atoms with Gasteiger partial charge in [-0.3, -0.25) is 14.9 Å². The van der Waals surface area contributed by atoms with E-state index < -0.39 is 0 Å². The molecule has 3 rings (SSSR count). The number of carbonyl (C=O) groups excluding carboxylic acids is 3. The van der Waals surface area contributed by atoms with Crippen LogP contribution in [-0.4, -0.2) is 25.3 Å². The van der Waals surface area contributed by atoms with E-state index in [0.717, 1.165) is 31.2 Å². The lowest BCUT2D eigenvalue weighted by molar-refractivity contribution is -0.136. The molecular formula is C20H24BNO3. The summed E-state index contributed by atoms with van der Waals surface area (Å²) in [5.41, 5.74) is 2.28. The van der Waals surface area contributed by atoms with Gasteiger partial charge in [-0.25, -0.2) is 0 Å². The molecule has 1 aliphatic carbocycles. The van der Waals surface area contributed by atoms with Crippen LogP contribution < -0.4 is 5.32 Å². The van der Waals surface area contributed by atoms with Crippen molar-refractivity contribution < 1.29 is 14.4 Å². The summed E-state index contributed by atoms with van der Waals surface area (Å²) < 4.78 is 0. The number of piperidine rings is 1. The van der Waals surface area contributed by atoms with E-state index in [1.165, 1.54) is 5.56 Å². The number of benzene rings is 1. The Balaban J connectivity index is 1.53. The minimum atomic E-state index is -0.193. The van der Waals surface area contributed by atoms with Crippen molar-refractivity contribution in [1.29, 1.82) is 0 Å². The quantitative estimate of drug-likeness (QED) is 0.664. The first-order valence-corrected chi connectivity index (χ1v) is 9.22. The monoisotopic (exact) mass is 337 g/mol. The molecule has 5 heteroatoms. The first-order valence-electron chi connectivity index (χ1n) is 9.22. The Hall–Kier alpha value is -1.91. The van der Waals surface area contributed by atoms with Crippen LogP contribution >= 0.6 is 0 Å². The number of nitrogens with one attached hydrogen (secondary N) is 1. The molecule has 0 bridgehead atoms. The van der Waals surface area contributed by atoms with E-state index in [0.29, 0.717) is 37.5 Å². The predicted molar refractivity (Wildman–Crippen MR) is 96.1 cm³/mol. The molecule has 4 nitrogen and oxygen atoms in total. The molecule has 130 valence electrons. The van der Waals surface area contributed by atoms with E-state index >= 15 is 0 Å². The first-order chi connectivity index (χ1) is 12.0. The highest BCUT2D eigenvalue weighted by molar-refractivity contribution is 6.57. The second-order valence-corrected chi connectivity index (χ2v) is 7.48. The van der Waals surface area contributed by atoms with Gasteiger partial charge in [0, 0.05) is 12.3 Å². The average molecular weight is 337 g/mol. The molecule has 1 atom stereocenters. The lowest BCUT2D eigenvalue weighted by atomic mass is 9.75. The molecule has 0 spiro atoms. The summed E-state index contributed by atoms with van der Waals surface area (Å²) in [6.07, 6.45) is 6.59. The van der Waals surface area contributed by atoms with Crippen molar-refractivity contribution in [1.82, 2.24) is 5.32 Å². The van der Waals surface area contributed by atoms with Crippen molar-refractivity contribution in [2.24, 2.45) is 11.8 Å². The molecule has 1 aliphatic heterocycles. The molecule has 1 heterocycles. The Kier molecular flexibility index (Phi) is 5.72. The van der Waals surface area contributed by atoms with Gasteiger partial charge in [0.05, 0.1) is 5.68 Å². The molecule has 1 saturated heterocycles. The maximum atomic E-state index is 11.9. The molecule has 1 unspecified atom stereocenters. The van der Waals surface area contributed by atoms with Gasteiger partial charge in [0.1, 0.15) is 0 Å². The second kappa shape index (κ2) is 7.98. The van der Waals surface area contributed by atoms with E-state index in [2.05, 4.69) is 29.6 Å². The zero-order chi connectivity index (χ0) is 17.8. The van der Waals surface area contributed by atoms with E-state index in [4.69, 9.17) is 7.85 Å². The summed E-state index contributed by atoms with van der Waals surface area (Å²) in [7, 11) is 5.29. The van der Waals surface area contributed by atoms with Crippen molar-refractivity contribution in [2.45, 2.75) is 57.3 Å². The van der Waals surface area contributed by atoms with Gasteiger partial charge in [-0.15, -0.1) is 0 Å². The summed E-state index contributed by atoms with van der Waals surface area (Å²) in [4.78, 5) is 34.1. The first kappa shape index (κ1) is 17.9. The third-order valence-corrected chi connectivity index (χ3v) is 5.62. The maximum Gasteiger partial charge on any atom is 0.230 e. The highest BCUT2D eigenvalue weighted by atomic mass is 16.2. The molecule has 2 amide bonds. The van der Waals surface area contributed by atoms with Crippen molar-refractivity contribution in [3.63, 3.8) is 0 Å². The predicted octanol–water partition coefficient (Wildman–Crippen LogP) is 2.64. The molecule has 2 radical (unpaired) electrons. The number of hydrogen-bond acceptors (Lipinski definition) is 3. The van der Waals surface area contributed by atoms with Crippen molar-refractivity contribution >= 4 is 25.3 Å². The summed E-state index contributed by atoms with van der Waals surface area (Å²) in [6, 6.07) is 8.55. The molecule has 25 heavy (non-hydrogen) atoms. The summed E-state index contributed by atoms with van der Waals surface area (Å²) >= 11 is 0. The Morgan fingerprint density at radius 3 is 2.32 bits per heavy atom. The lowest BCUT2D eigenvalue weighted by Crippen LogP contribution is -2.41. The van der Waals surface area contributed by atoms with Crippen LogP contribution in [0.3, 0.4) is 0 Å². The maximum absolute atomic E-state index is 11.9. The Morgan fingerprint density at radius 2 is 1.72 bits per heavy atom. The summed E-state index contributed by atoms with van der Waals surface area (Å²) in [5.74, 6) is 0.582. The number of hydrogen-bond donors (Lipinski definition) is 1. The second-order valence-electron chi connectivity index (χ2n) is 7.48. The van der Waals surface area contributed by atoms with Gasteiger partial charge in [-0.2, -0.15) is 0 Å². The number of rotatable bonds is 5. The van der Waals surface area contributed by atoms with Crippen LogP contribution in [-0.2, 0) is 20.8 Å². The fraction of sp³-hybridized carbons (Fsp3) is 0.550. The van der Waals surface area contributed by atoms with E-state index in [-0.39, 0.29) is 23.4 Å². The Morgan fingerprint density at radius 1 is 1.04 bits per heavy atom. The smallest absolute Gasteiger partial charge is 0.230 e. The fourth-order valence-corrected chi connectivity index (χ4v) is 4.13. The van der Waals surface area contributed by atoms with Crippen LogP contribution in [0, 0.1) is 11.8 Å². The molecular weight excluding hydrogens is 313 g/mol. The molecule has 2 aliphatic rings. The summed E-state index contributed by atoms with van der Waals surface area (Å²) in [6.45, 7) is 0. The third kappa shape index (κ3) is 4.80. The van der Waals surface area contributed by atoms with Crippen LogP contribution in [0.2, 0.25) is 0 Å². The zero-order valence-corrected chi connectivity index (χ0v) is 14.5. The standard InChI is InChI=1S/C20H24BNO3/c21-18(23)12-14-3-7-16(8-4-14)15-5-1-13(2-6-15)11-17-9-10-19(24)22-20(17)25/h1-2,5-6,14,16-17H,3-4,7-12H2,(H,22,24,25). The van der Waals surface area contributed by atoms with E-state index in [9.17, 15) is 14.4 Å².